The van der Waals surface area contributed by atoms with Crippen molar-refractivity contribution in [2.45, 2.75) is 59.2 Å². The van der Waals surface area contributed by atoms with Crippen molar-refractivity contribution in [1.29, 1.82) is 0 Å². The summed E-state index contributed by atoms with van der Waals surface area (Å²) in [6.07, 6.45) is 2.08. The molecule has 0 heterocycles. The van der Waals surface area contributed by atoms with Gasteiger partial charge in [-0.3, -0.25) is 13.9 Å². The van der Waals surface area contributed by atoms with E-state index in [1.165, 1.54) is 4.90 Å². The average Bonchev–Trinajstić information content (AvgIpc) is 2.79. The fourth-order valence-electron chi connectivity index (χ4n) is 3.69. The van der Waals surface area contributed by atoms with Crippen LogP contribution in [-0.4, -0.2) is 50.0 Å². The topological polar surface area (TPSA) is 86.8 Å². The standard InChI is InChI=1S/C25H32Cl3N3O4S/c1-6-17(4)29-25(33)22(7-2)30(14-18-8-10-20(27)21(28)13-18)24(32)15-31(36(5,34)35)23-11-9-19(26)12-16(23)3/h8-13,17,22H,6-7,14-15H2,1-5H3,(H,29,33)/t17-,22-/m0/s1. The van der Waals surface area contributed by atoms with E-state index >= 15 is 0 Å². The zero-order valence-electron chi connectivity index (χ0n) is 21.0. The van der Waals surface area contributed by atoms with Crippen LogP contribution in [0.1, 0.15) is 44.7 Å². The number of nitrogens with one attached hydrogen (secondary N) is 1. The number of nitrogens with zero attached hydrogens (tertiary/aromatic N) is 2. The zero-order chi connectivity index (χ0) is 27.2. The molecule has 36 heavy (non-hydrogen) atoms. The van der Waals surface area contributed by atoms with Crippen molar-refractivity contribution in [1.82, 2.24) is 10.2 Å². The van der Waals surface area contributed by atoms with Gasteiger partial charge in [0.25, 0.3) is 0 Å². The van der Waals surface area contributed by atoms with E-state index in [0.717, 1.165) is 17.0 Å². The Kier molecular flexibility index (Phi) is 10.9. The molecule has 2 rings (SSSR count). The molecule has 0 aliphatic carbocycles. The van der Waals surface area contributed by atoms with Gasteiger partial charge in [0.15, 0.2) is 0 Å². The summed E-state index contributed by atoms with van der Waals surface area (Å²) in [6, 6.07) is 8.79. The highest BCUT2D eigenvalue weighted by atomic mass is 35.5. The molecule has 0 aliphatic heterocycles. The Morgan fingerprint density at radius 1 is 1.00 bits per heavy atom. The molecule has 0 spiro atoms. The smallest absolute Gasteiger partial charge is 0.244 e. The van der Waals surface area contributed by atoms with E-state index in [2.05, 4.69) is 5.32 Å². The fourth-order valence-corrected chi connectivity index (χ4v) is 5.14. The molecule has 2 aromatic rings. The third-order valence-corrected chi connectivity index (χ3v) is 7.93. The van der Waals surface area contributed by atoms with E-state index in [9.17, 15) is 18.0 Å². The Bertz CT molecular complexity index is 1210. The number of carbonyl (C=O) groups excluding carboxylic acids is 2. The molecule has 0 unspecified atom stereocenters. The predicted molar refractivity (Wildman–Crippen MR) is 147 cm³/mol. The minimum atomic E-state index is -3.84. The number of amides is 2. The molecule has 2 atom stereocenters. The third-order valence-electron chi connectivity index (χ3n) is 5.83. The van der Waals surface area contributed by atoms with Crippen LogP contribution in [0.4, 0.5) is 5.69 Å². The van der Waals surface area contributed by atoms with E-state index in [1.807, 2.05) is 13.8 Å². The van der Waals surface area contributed by atoms with Crippen LogP contribution >= 0.6 is 34.8 Å². The van der Waals surface area contributed by atoms with Crippen LogP contribution < -0.4 is 9.62 Å². The van der Waals surface area contributed by atoms with Gasteiger partial charge >= 0.3 is 0 Å². The number of benzene rings is 2. The lowest BCUT2D eigenvalue weighted by Crippen LogP contribution is -2.53. The van der Waals surface area contributed by atoms with Crippen molar-refractivity contribution < 1.29 is 18.0 Å². The normalized spacial score (nSPS) is 13.1. The minimum absolute atomic E-state index is 0.0410. The monoisotopic (exact) mass is 575 g/mol. The van der Waals surface area contributed by atoms with Crippen molar-refractivity contribution in [3.63, 3.8) is 0 Å². The van der Waals surface area contributed by atoms with Gasteiger partial charge < -0.3 is 10.2 Å². The Labute approximate surface area is 228 Å². The van der Waals surface area contributed by atoms with E-state index in [1.54, 1.807) is 50.2 Å². The highest BCUT2D eigenvalue weighted by Gasteiger charge is 2.32. The highest BCUT2D eigenvalue weighted by Crippen LogP contribution is 2.27. The van der Waals surface area contributed by atoms with Crippen LogP contribution in [0.25, 0.3) is 0 Å². The number of rotatable bonds is 11. The summed E-state index contributed by atoms with van der Waals surface area (Å²) in [7, 11) is -3.84. The van der Waals surface area contributed by atoms with Crippen molar-refractivity contribution in [2.75, 3.05) is 17.1 Å². The lowest BCUT2D eigenvalue weighted by atomic mass is 10.1. The number of hydrogen-bond acceptors (Lipinski definition) is 4. The highest BCUT2D eigenvalue weighted by molar-refractivity contribution is 7.92. The van der Waals surface area contributed by atoms with Crippen LogP contribution in [0.3, 0.4) is 0 Å². The SMILES string of the molecule is CC[C@H](C)NC(=O)[C@H](CC)N(Cc1ccc(Cl)c(Cl)c1)C(=O)CN(c1ccc(Cl)cc1C)S(C)(=O)=O. The second-order valence-electron chi connectivity index (χ2n) is 8.71. The summed E-state index contributed by atoms with van der Waals surface area (Å²) in [5.41, 5.74) is 1.58. The van der Waals surface area contributed by atoms with Gasteiger partial charge in [0.2, 0.25) is 21.8 Å². The molecule has 0 bridgehead atoms. The van der Waals surface area contributed by atoms with Gasteiger partial charge in [0, 0.05) is 17.6 Å². The molecule has 0 aromatic heterocycles. The Morgan fingerprint density at radius 3 is 2.19 bits per heavy atom. The Hall–Kier alpha value is -2.00. The molecule has 0 saturated heterocycles. The first kappa shape index (κ1) is 30.2. The van der Waals surface area contributed by atoms with E-state index in [4.69, 9.17) is 34.8 Å². The summed E-state index contributed by atoms with van der Waals surface area (Å²) in [5, 5.41) is 4.05. The molecule has 7 nitrogen and oxygen atoms in total. The van der Waals surface area contributed by atoms with Crippen LogP contribution in [0.5, 0.6) is 0 Å². The molecule has 0 radical (unpaired) electrons. The molecule has 198 valence electrons. The molecule has 2 amide bonds. The maximum atomic E-state index is 13.7. The second kappa shape index (κ2) is 13.0. The second-order valence-corrected chi connectivity index (χ2v) is 11.9. The van der Waals surface area contributed by atoms with Crippen molar-refractivity contribution in [2.24, 2.45) is 0 Å². The predicted octanol–water partition coefficient (Wildman–Crippen LogP) is 5.44. The van der Waals surface area contributed by atoms with Crippen LogP contribution in [0, 0.1) is 6.92 Å². The van der Waals surface area contributed by atoms with Gasteiger partial charge in [-0.1, -0.05) is 54.7 Å². The quantitative estimate of drug-likeness (QED) is 0.386. The first-order valence-corrected chi connectivity index (χ1v) is 14.5. The molecule has 0 aliphatic rings. The number of halogens is 3. The zero-order valence-corrected chi connectivity index (χ0v) is 24.1. The largest absolute Gasteiger partial charge is 0.352 e. The minimum Gasteiger partial charge on any atom is -0.352 e. The summed E-state index contributed by atoms with van der Waals surface area (Å²) in [4.78, 5) is 28.3. The molecule has 11 heteroatoms. The van der Waals surface area contributed by atoms with Gasteiger partial charge in [0.05, 0.1) is 22.0 Å². The van der Waals surface area contributed by atoms with Crippen molar-refractivity contribution >= 4 is 62.3 Å². The van der Waals surface area contributed by atoms with Crippen molar-refractivity contribution in [3.8, 4) is 0 Å². The van der Waals surface area contributed by atoms with Crippen molar-refractivity contribution in [3.05, 3.63) is 62.6 Å². The molecule has 2 aromatic carbocycles. The van der Waals surface area contributed by atoms with Gasteiger partial charge in [-0.25, -0.2) is 8.42 Å². The maximum absolute atomic E-state index is 13.7. The summed E-state index contributed by atoms with van der Waals surface area (Å²) in [6.45, 7) is 6.89. The first-order valence-electron chi connectivity index (χ1n) is 11.6. The number of anilines is 1. The third kappa shape index (κ3) is 8.00. The summed E-state index contributed by atoms with van der Waals surface area (Å²) in [5.74, 6) is -0.846. The lowest BCUT2D eigenvalue weighted by molar-refractivity contribution is -0.140. The lowest BCUT2D eigenvalue weighted by Gasteiger charge is -2.33. The van der Waals surface area contributed by atoms with E-state index in [-0.39, 0.29) is 18.5 Å². The Morgan fingerprint density at radius 2 is 1.67 bits per heavy atom. The van der Waals surface area contributed by atoms with E-state index < -0.39 is 28.5 Å². The summed E-state index contributed by atoms with van der Waals surface area (Å²) >= 11 is 18.3. The van der Waals surface area contributed by atoms with E-state index in [0.29, 0.717) is 38.3 Å². The van der Waals surface area contributed by atoms with Gasteiger partial charge in [-0.05, 0) is 68.1 Å². The Balaban J connectivity index is 2.50. The van der Waals surface area contributed by atoms with Crippen LogP contribution in [0.2, 0.25) is 15.1 Å². The summed E-state index contributed by atoms with van der Waals surface area (Å²) < 4.78 is 26.5. The van der Waals surface area contributed by atoms with Gasteiger partial charge in [-0.15, -0.1) is 0 Å². The maximum Gasteiger partial charge on any atom is 0.244 e. The van der Waals surface area contributed by atoms with Crippen LogP contribution in [-0.2, 0) is 26.2 Å². The number of carbonyl (C=O) groups is 2. The first-order chi connectivity index (χ1) is 16.8. The molecular weight excluding hydrogens is 545 g/mol. The van der Waals surface area contributed by atoms with Gasteiger partial charge in [-0.2, -0.15) is 0 Å². The molecule has 0 fully saturated rings. The number of aryl methyl sites for hydroxylation is 1. The number of hydrogen-bond donors (Lipinski definition) is 1. The molecule has 1 N–H and O–H groups in total. The van der Waals surface area contributed by atoms with Crippen LogP contribution in [0.15, 0.2) is 36.4 Å². The molecular formula is C25H32Cl3N3O4S. The van der Waals surface area contributed by atoms with Gasteiger partial charge in [0.1, 0.15) is 12.6 Å². The average molecular weight is 577 g/mol. The number of sulfonamides is 1. The molecule has 0 saturated carbocycles. The fraction of sp³-hybridized carbons (Fsp3) is 0.440.